The van der Waals surface area contributed by atoms with Gasteiger partial charge in [0.25, 0.3) is 0 Å². The van der Waals surface area contributed by atoms with Gasteiger partial charge in [-0.05, 0) is 42.4 Å². The highest BCUT2D eigenvalue weighted by Crippen LogP contribution is 2.41. The monoisotopic (exact) mass is 281 g/mol. The molecule has 3 rings (SSSR count). The zero-order valence-corrected chi connectivity index (χ0v) is 13.1. The van der Waals surface area contributed by atoms with Crippen LogP contribution in [0.15, 0.2) is 36.5 Å². The number of aromatic nitrogens is 2. The van der Waals surface area contributed by atoms with Crippen molar-refractivity contribution in [2.24, 2.45) is 0 Å². The third kappa shape index (κ3) is 2.98. The number of nitrogens with one attached hydrogen (secondary N) is 1. The van der Waals surface area contributed by atoms with Crippen molar-refractivity contribution in [3.63, 3.8) is 0 Å². The van der Waals surface area contributed by atoms with Crippen molar-refractivity contribution >= 4 is 0 Å². The second-order valence-electron chi connectivity index (χ2n) is 6.54. The molecule has 0 fully saturated rings. The fraction of sp³-hybridized carbons (Fsp3) is 0.444. The number of aryl methyl sites for hydroxylation is 1. The standard InChI is InChI=1S/C18H23N3/c1-13-19-11-9-14(21-13)12-20-17-8-10-18(2,3)16-7-5-4-6-15(16)17/h4-7,9,11,17,20H,8,10,12H2,1-3H3. The van der Waals surface area contributed by atoms with E-state index >= 15 is 0 Å². The molecule has 1 aliphatic rings. The van der Waals surface area contributed by atoms with E-state index in [2.05, 4.69) is 53.4 Å². The van der Waals surface area contributed by atoms with Crippen LogP contribution in [0.1, 0.15) is 55.4 Å². The lowest BCUT2D eigenvalue weighted by molar-refractivity contribution is 0.356. The third-order valence-electron chi connectivity index (χ3n) is 4.49. The van der Waals surface area contributed by atoms with Gasteiger partial charge in [-0.25, -0.2) is 9.97 Å². The van der Waals surface area contributed by atoms with Crippen LogP contribution >= 0.6 is 0 Å². The van der Waals surface area contributed by atoms with Crippen LogP contribution in [0.4, 0.5) is 0 Å². The van der Waals surface area contributed by atoms with Crippen molar-refractivity contribution in [2.45, 2.75) is 51.6 Å². The number of hydrogen-bond donors (Lipinski definition) is 1. The van der Waals surface area contributed by atoms with Crippen molar-refractivity contribution < 1.29 is 0 Å². The molecule has 1 aromatic heterocycles. The highest BCUT2D eigenvalue weighted by atomic mass is 15.0. The molecule has 1 aromatic carbocycles. The van der Waals surface area contributed by atoms with E-state index in [0.717, 1.165) is 18.1 Å². The van der Waals surface area contributed by atoms with Crippen LogP contribution in [-0.4, -0.2) is 9.97 Å². The van der Waals surface area contributed by atoms with Gasteiger partial charge < -0.3 is 5.32 Å². The Morgan fingerprint density at radius 1 is 1.24 bits per heavy atom. The normalized spacial score (nSPS) is 20.0. The van der Waals surface area contributed by atoms with Crippen LogP contribution in [0, 0.1) is 6.92 Å². The Balaban J connectivity index is 1.78. The summed E-state index contributed by atoms with van der Waals surface area (Å²) in [5.41, 5.74) is 4.26. The summed E-state index contributed by atoms with van der Waals surface area (Å²) in [4.78, 5) is 8.62. The summed E-state index contributed by atoms with van der Waals surface area (Å²) in [7, 11) is 0. The maximum atomic E-state index is 4.47. The molecule has 0 amide bonds. The molecule has 21 heavy (non-hydrogen) atoms. The quantitative estimate of drug-likeness (QED) is 0.932. The lowest BCUT2D eigenvalue weighted by Gasteiger charge is -2.37. The van der Waals surface area contributed by atoms with E-state index in [4.69, 9.17) is 0 Å². The zero-order valence-electron chi connectivity index (χ0n) is 13.1. The number of benzene rings is 1. The molecule has 0 saturated heterocycles. The Morgan fingerprint density at radius 2 is 2.05 bits per heavy atom. The van der Waals surface area contributed by atoms with Gasteiger partial charge in [-0.2, -0.15) is 0 Å². The maximum Gasteiger partial charge on any atom is 0.125 e. The van der Waals surface area contributed by atoms with Crippen LogP contribution in [0.2, 0.25) is 0 Å². The summed E-state index contributed by atoms with van der Waals surface area (Å²) >= 11 is 0. The summed E-state index contributed by atoms with van der Waals surface area (Å²) < 4.78 is 0. The molecule has 0 radical (unpaired) electrons. The first-order valence-electron chi connectivity index (χ1n) is 7.67. The van der Waals surface area contributed by atoms with Gasteiger partial charge in [-0.3, -0.25) is 0 Å². The Kier molecular flexibility index (Phi) is 3.77. The van der Waals surface area contributed by atoms with Gasteiger partial charge in [-0.15, -0.1) is 0 Å². The highest BCUT2D eigenvalue weighted by molar-refractivity contribution is 5.38. The average molecular weight is 281 g/mol. The first-order valence-corrected chi connectivity index (χ1v) is 7.67. The van der Waals surface area contributed by atoms with E-state index in [0.29, 0.717) is 6.04 Å². The molecule has 1 atom stereocenters. The third-order valence-corrected chi connectivity index (χ3v) is 4.49. The second-order valence-corrected chi connectivity index (χ2v) is 6.54. The largest absolute Gasteiger partial charge is 0.304 e. The highest BCUT2D eigenvalue weighted by Gasteiger charge is 2.31. The fourth-order valence-corrected chi connectivity index (χ4v) is 3.26. The van der Waals surface area contributed by atoms with Crippen LogP contribution in [0.5, 0.6) is 0 Å². The predicted molar refractivity (Wildman–Crippen MR) is 85.1 cm³/mol. The minimum atomic E-state index is 0.278. The molecule has 0 aliphatic heterocycles. The Bertz CT molecular complexity index is 634. The van der Waals surface area contributed by atoms with Gasteiger partial charge >= 0.3 is 0 Å². The molecule has 1 aliphatic carbocycles. The first-order chi connectivity index (χ1) is 10.1. The average Bonchev–Trinajstić information content (AvgIpc) is 2.47. The van der Waals surface area contributed by atoms with Gasteiger partial charge in [-0.1, -0.05) is 38.1 Å². The molecule has 1 heterocycles. The smallest absolute Gasteiger partial charge is 0.125 e. The zero-order chi connectivity index (χ0) is 14.9. The molecule has 0 bridgehead atoms. The van der Waals surface area contributed by atoms with Crippen LogP contribution in [0.25, 0.3) is 0 Å². The van der Waals surface area contributed by atoms with Crippen LogP contribution in [-0.2, 0) is 12.0 Å². The molecule has 1 N–H and O–H groups in total. The lowest BCUT2D eigenvalue weighted by Crippen LogP contribution is -2.32. The minimum absolute atomic E-state index is 0.278. The molecule has 110 valence electrons. The van der Waals surface area contributed by atoms with E-state index in [-0.39, 0.29) is 5.41 Å². The lowest BCUT2D eigenvalue weighted by atomic mass is 9.71. The molecule has 3 heteroatoms. The molecule has 0 spiro atoms. The van der Waals surface area contributed by atoms with E-state index in [1.54, 1.807) is 0 Å². The van der Waals surface area contributed by atoms with Crippen molar-refractivity contribution in [1.82, 2.24) is 15.3 Å². The van der Waals surface area contributed by atoms with Crippen molar-refractivity contribution in [1.29, 1.82) is 0 Å². The summed E-state index contributed by atoms with van der Waals surface area (Å²) in [6.45, 7) is 7.41. The van der Waals surface area contributed by atoms with E-state index < -0.39 is 0 Å². The Morgan fingerprint density at radius 3 is 2.86 bits per heavy atom. The topological polar surface area (TPSA) is 37.8 Å². The van der Waals surface area contributed by atoms with Gasteiger partial charge in [0.2, 0.25) is 0 Å². The van der Waals surface area contributed by atoms with E-state index in [1.807, 2.05) is 19.2 Å². The molecule has 2 aromatic rings. The molecule has 3 nitrogen and oxygen atoms in total. The molecule has 1 unspecified atom stereocenters. The van der Waals surface area contributed by atoms with Crippen molar-refractivity contribution in [2.75, 3.05) is 0 Å². The summed E-state index contributed by atoms with van der Waals surface area (Å²) in [6, 6.07) is 11.2. The second kappa shape index (κ2) is 5.57. The molecule has 0 saturated carbocycles. The van der Waals surface area contributed by atoms with Crippen molar-refractivity contribution in [3.05, 3.63) is 59.2 Å². The first kappa shape index (κ1) is 14.2. The van der Waals surface area contributed by atoms with Crippen LogP contribution in [0.3, 0.4) is 0 Å². The predicted octanol–water partition coefficient (Wildman–Crippen LogP) is 3.69. The maximum absolute atomic E-state index is 4.47. The van der Waals surface area contributed by atoms with Gasteiger partial charge in [0.15, 0.2) is 0 Å². The number of hydrogen-bond acceptors (Lipinski definition) is 3. The van der Waals surface area contributed by atoms with E-state index in [1.165, 1.54) is 24.0 Å². The summed E-state index contributed by atoms with van der Waals surface area (Å²) in [5.74, 6) is 0.833. The van der Waals surface area contributed by atoms with Gasteiger partial charge in [0, 0.05) is 18.8 Å². The van der Waals surface area contributed by atoms with Gasteiger partial charge in [0.1, 0.15) is 5.82 Å². The number of nitrogens with zero attached hydrogens (tertiary/aromatic N) is 2. The SMILES string of the molecule is Cc1nccc(CNC2CCC(C)(C)c3ccccc32)n1. The summed E-state index contributed by atoms with van der Waals surface area (Å²) in [6.07, 6.45) is 4.22. The van der Waals surface area contributed by atoms with Crippen molar-refractivity contribution in [3.8, 4) is 0 Å². The number of rotatable bonds is 3. The fourth-order valence-electron chi connectivity index (χ4n) is 3.26. The van der Waals surface area contributed by atoms with E-state index in [9.17, 15) is 0 Å². The minimum Gasteiger partial charge on any atom is -0.304 e. The Labute approximate surface area is 126 Å². The Hall–Kier alpha value is -1.74. The van der Waals surface area contributed by atoms with Gasteiger partial charge in [0.05, 0.1) is 5.69 Å². The molecular formula is C18H23N3. The van der Waals surface area contributed by atoms with Crippen LogP contribution < -0.4 is 5.32 Å². The molecular weight excluding hydrogens is 258 g/mol. The number of fused-ring (bicyclic) bond motifs is 1. The summed E-state index contributed by atoms with van der Waals surface area (Å²) in [5, 5.41) is 3.67.